The summed E-state index contributed by atoms with van der Waals surface area (Å²) >= 11 is 0. The van der Waals surface area contributed by atoms with E-state index >= 15 is 0 Å². The van der Waals surface area contributed by atoms with E-state index in [1.54, 1.807) is 6.92 Å². The summed E-state index contributed by atoms with van der Waals surface area (Å²) < 4.78 is 0. The Hall–Kier alpha value is -1.31. The normalized spacial score (nSPS) is 9.93. The highest BCUT2D eigenvalue weighted by atomic mass is 16.1. The molecule has 0 aliphatic carbocycles. The number of ketones is 1. The lowest BCUT2D eigenvalue weighted by molar-refractivity contribution is 0.101. The second-order valence-corrected chi connectivity index (χ2v) is 3.31. The van der Waals surface area contributed by atoms with Crippen molar-refractivity contribution in [3.8, 4) is 0 Å². The van der Waals surface area contributed by atoms with Crippen LogP contribution in [0.2, 0.25) is 0 Å². The molecule has 2 nitrogen and oxygen atoms in total. The third-order valence-electron chi connectivity index (χ3n) is 2.25. The van der Waals surface area contributed by atoms with Gasteiger partial charge in [-0.15, -0.1) is 0 Å². The monoisotopic (exact) mass is 191 g/mol. The molecule has 14 heavy (non-hydrogen) atoms. The van der Waals surface area contributed by atoms with Gasteiger partial charge in [-0.05, 0) is 38.0 Å². The van der Waals surface area contributed by atoms with Crippen molar-refractivity contribution in [2.45, 2.75) is 27.2 Å². The number of nitrogens with one attached hydrogen (secondary N) is 1. The number of carbonyl (C=O) groups excluding carboxylic acids is 1. The molecule has 1 N–H and O–H groups in total. The van der Waals surface area contributed by atoms with Gasteiger partial charge in [-0.3, -0.25) is 4.79 Å². The standard InChI is InChI=1S/C12H17NO/c1-4-10-6-7-11(13-5-2)8-12(10)9(3)14/h6-8,13H,4-5H2,1-3H3. The highest BCUT2D eigenvalue weighted by molar-refractivity contribution is 5.96. The smallest absolute Gasteiger partial charge is 0.160 e. The topological polar surface area (TPSA) is 29.1 Å². The van der Waals surface area contributed by atoms with Crippen LogP contribution in [0.25, 0.3) is 0 Å². The van der Waals surface area contributed by atoms with Gasteiger partial charge in [-0.25, -0.2) is 0 Å². The number of anilines is 1. The molecule has 0 atom stereocenters. The quantitative estimate of drug-likeness (QED) is 0.741. The molecule has 0 radical (unpaired) electrons. The molecule has 0 aromatic heterocycles. The molecule has 0 saturated carbocycles. The molecule has 0 unspecified atom stereocenters. The maximum Gasteiger partial charge on any atom is 0.160 e. The molecule has 0 heterocycles. The lowest BCUT2D eigenvalue weighted by Gasteiger charge is -2.08. The van der Waals surface area contributed by atoms with Gasteiger partial charge < -0.3 is 5.32 Å². The zero-order chi connectivity index (χ0) is 10.6. The number of aryl methyl sites for hydroxylation is 1. The number of hydrogen-bond donors (Lipinski definition) is 1. The summed E-state index contributed by atoms with van der Waals surface area (Å²) in [6.07, 6.45) is 0.904. The van der Waals surface area contributed by atoms with Crippen LogP contribution >= 0.6 is 0 Å². The summed E-state index contributed by atoms with van der Waals surface area (Å²) in [6, 6.07) is 5.98. The van der Waals surface area contributed by atoms with Crippen molar-refractivity contribution in [2.75, 3.05) is 11.9 Å². The predicted octanol–water partition coefficient (Wildman–Crippen LogP) is 2.88. The lowest BCUT2D eigenvalue weighted by Crippen LogP contribution is -2.02. The van der Waals surface area contributed by atoms with E-state index < -0.39 is 0 Å². The highest BCUT2D eigenvalue weighted by Crippen LogP contribution is 2.17. The first kappa shape index (κ1) is 10.8. The maximum absolute atomic E-state index is 11.4. The minimum Gasteiger partial charge on any atom is -0.385 e. The van der Waals surface area contributed by atoms with E-state index in [1.165, 1.54) is 0 Å². The van der Waals surface area contributed by atoms with Gasteiger partial charge in [-0.1, -0.05) is 13.0 Å². The van der Waals surface area contributed by atoms with E-state index in [0.717, 1.165) is 29.8 Å². The number of hydrogen-bond acceptors (Lipinski definition) is 2. The summed E-state index contributed by atoms with van der Waals surface area (Å²) in [4.78, 5) is 11.4. The van der Waals surface area contributed by atoms with Crippen LogP contribution in [0.3, 0.4) is 0 Å². The van der Waals surface area contributed by atoms with Crippen molar-refractivity contribution < 1.29 is 4.79 Å². The van der Waals surface area contributed by atoms with E-state index in [0.29, 0.717) is 0 Å². The van der Waals surface area contributed by atoms with E-state index in [9.17, 15) is 4.79 Å². The number of carbonyl (C=O) groups is 1. The van der Waals surface area contributed by atoms with Gasteiger partial charge in [0.1, 0.15) is 0 Å². The minimum atomic E-state index is 0.140. The first-order valence-electron chi connectivity index (χ1n) is 5.06. The summed E-state index contributed by atoms with van der Waals surface area (Å²) in [6.45, 7) is 6.60. The first-order chi connectivity index (χ1) is 6.69. The van der Waals surface area contributed by atoms with Crippen LogP contribution in [0.1, 0.15) is 36.7 Å². The Bertz CT molecular complexity index is 331. The van der Waals surface area contributed by atoms with Gasteiger partial charge in [0.05, 0.1) is 0 Å². The first-order valence-corrected chi connectivity index (χ1v) is 5.06. The van der Waals surface area contributed by atoms with E-state index in [1.807, 2.05) is 25.1 Å². The molecular formula is C12H17NO. The van der Waals surface area contributed by atoms with Gasteiger partial charge in [0.15, 0.2) is 5.78 Å². The largest absolute Gasteiger partial charge is 0.385 e. The summed E-state index contributed by atoms with van der Waals surface area (Å²) in [5.41, 5.74) is 2.99. The second kappa shape index (κ2) is 4.80. The van der Waals surface area contributed by atoms with Crippen molar-refractivity contribution in [2.24, 2.45) is 0 Å². The molecule has 1 rings (SSSR count). The highest BCUT2D eigenvalue weighted by Gasteiger charge is 2.06. The number of Topliss-reactive ketones (excluding diaryl/α,β-unsaturated/α-hetero) is 1. The Morgan fingerprint density at radius 2 is 2.07 bits per heavy atom. The van der Waals surface area contributed by atoms with E-state index in [2.05, 4.69) is 12.2 Å². The predicted molar refractivity (Wildman–Crippen MR) is 60.0 cm³/mol. The Kier molecular flexibility index (Phi) is 3.69. The van der Waals surface area contributed by atoms with Gasteiger partial charge in [0.25, 0.3) is 0 Å². The molecular weight excluding hydrogens is 174 g/mol. The van der Waals surface area contributed by atoms with Gasteiger partial charge in [0.2, 0.25) is 0 Å². The van der Waals surface area contributed by atoms with Crippen molar-refractivity contribution >= 4 is 11.5 Å². The van der Waals surface area contributed by atoms with Crippen molar-refractivity contribution in [1.82, 2.24) is 0 Å². The molecule has 1 aromatic carbocycles. The van der Waals surface area contributed by atoms with E-state index in [-0.39, 0.29) is 5.78 Å². The van der Waals surface area contributed by atoms with Crippen LogP contribution in [-0.2, 0) is 6.42 Å². The minimum absolute atomic E-state index is 0.140. The second-order valence-electron chi connectivity index (χ2n) is 3.31. The van der Waals surface area contributed by atoms with Crippen LogP contribution in [0.15, 0.2) is 18.2 Å². The summed E-state index contributed by atoms with van der Waals surface area (Å²) in [5.74, 6) is 0.140. The Labute approximate surface area is 85.3 Å². The fourth-order valence-corrected chi connectivity index (χ4v) is 1.53. The van der Waals surface area contributed by atoms with Crippen LogP contribution in [0.4, 0.5) is 5.69 Å². The maximum atomic E-state index is 11.4. The average Bonchev–Trinajstić information content (AvgIpc) is 2.18. The number of benzene rings is 1. The van der Waals surface area contributed by atoms with Crippen LogP contribution in [-0.4, -0.2) is 12.3 Å². The Morgan fingerprint density at radius 3 is 2.57 bits per heavy atom. The van der Waals surface area contributed by atoms with Gasteiger partial charge >= 0.3 is 0 Å². The van der Waals surface area contributed by atoms with Crippen molar-refractivity contribution in [3.05, 3.63) is 29.3 Å². The van der Waals surface area contributed by atoms with Crippen LogP contribution in [0.5, 0.6) is 0 Å². The van der Waals surface area contributed by atoms with E-state index in [4.69, 9.17) is 0 Å². The molecule has 76 valence electrons. The van der Waals surface area contributed by atoms with Gasteiger partial charge in [-0.2, -0.15) is 0 Å². The summed E-state index contributed by atoms with van der Waals surface area (Å²) in [5, 5.41) is 3.20. The molecule has 1 aromatic rings. The van der Waals surface area contributed by atoms with Gasteiger partial charge in [0, 0.05) is 17.8 Å². The molecule has 0 spiro atoms. The van der Waals surface area contributed by atoms with Crippen LogP contribution in [0, 0.1) is 0 Å². The molecule has 0 fully saturated rings. The zero-order valence-corrected chi connectivity index (χ0v) is 9.05. The molecule has 0 aliphatic heterocycles. The SMILES string of the molecule is CCNc1ccc(CC)c(C(C)=O)c1. The third-order valence-corrected chi connectivity index (χ3v) is 2.25. The molecule has 2 heteroatoms. The zero-order valence-electron chi connectivity index (χ0n) is 9.05. The number of rotatable bonds is 4. The van der Waals surface area contributed by atoms with Crippen molar-refractivity contribution in [3.63, 3.8) is 0 Å². The third kappa shape index (κ3) is 2.34. The fourth-order valence-electron chi connectivity index (χ4n) is 1.53. The Morgan fingerprint density at radius 1 is 1.36 bits per heavy atom. The Balaban J connectivity index is 3.07. The summed E-state index contributed by atoms with van der Waals surface area (Å²) in [7, 11) is 0. The molecule has 0 saturated heterocycles. The van der Waals surface area contributed by atoms with Crippen LogP contribution < -0.4 is 5.32 Å². The molecule has 0 bridgehead atoms. The molecule has 0 amide bonds. The lowest BCUT2D eigenvalue weighted by atomic mass is 10.0. The van der Waals surface area contributed by atoms with Crippen molar-refractivity contribution in [1.29, 1.82) is 0 Å². The fraction of sp³-hybridized carbons (Fsp3) is 0.417. The average molecular weight is 191 g/mol. The molecule has 0 aliphatic rings.